The number of benzene rings is 1. The largest absolute Gasteiger partial charge is 0.496 e. The quantitative estimate of drug-likeness (QED) is 0.374. The Morgan fingerprint density at radius 1 is 1.02 bits per heavy atom. The molecule has 5 aliphatic rings. The molecule has 0 radical (unpaired) electrons. The summed E-state index contributed by atoms with van der Waals surface area (Å²) in [5.41, 5.74) is -0.599. The highest BCUT2D eigenvalue weighted by Gasteiger charge is 2.62. The average molecular weight is 778 g/mol. The molecule has 5 unspecified atom stereocenters. The van der Waals surface area contributed by atoms with E-state index in [2.05, 4.69) is 26.4 Å². The molecule has 4 heterocycles. The summed E-state index contributed by atoms with van der Waals surface area (Å²) in [5, 5.41) is 6.76. The van der Waals surface area contributed by atoms with Crippen molar-refractivity contribution in [1.29, 1.82) is 0 Å². The highest BCUT2D eigenvalue weighted by atomic mass is 32.2. The lowest BCUT2D eigenvalue weighted by Crippen LogP contribution is -2.58. The van der Waals surface area contributed by atoms with Crippen molar-refractivity contribution < 1.29 is 41.8 Å². The van der Waals surface area contributed by atoms with Gasteiger partial charge in [-0.1, -0.05) is 37.1 Å². The van der Waals surface area contributed by atoms with Gasteiger partial charge < -0.3 is 29.7 Å². The second-order valence-corrected chi connectivity index (χ2v) is 17.4. The lowest BCUT2D eigenvalue weighted by molar-refractivity contribution is -0.141. The predicted octanol–water partition coefficient (Wildman–Crippen LogP) is 4.52. The molecule has 14 nitrogen and oxygen atoms in total. The van der Waals surface area contributed by atoms with Crippen LogP contribution in [0.25, 0.3) is 16.8 Å². The second kappa shape index (κ2) is 16.6. The molecule has 2 aliphatic carbocycles. The molecule has 0 spiro atoms. The Morgan fingerprint density at radius 2 is 1.82 bits per heavy atom. The number of carbonyl (C=O) groups is 4. The summed E-state index contributed by atoms with van der Waals surface area (Å²) in [6.07, 6.45) is 16.9. The first-order valence-corrected chi connectivity index (χ1v) is 21.2. The summed E-state index contributed by atoms with van der Waals surface area (Å²) in [4.78, 5) is 61.6. The molecule has 7 rings (SSSR count). The van der Waals surface area contributed by atoms with Crippen molar-refractivity contribution in [2.45, 2.75) is 106 Å². The van der Waals surface area contributed by atoms with Gasteiger partial charge in [-0.05, 0) is 94.2 Å². The number of methoxy groups -OCH3 is 1. The molecule has 3 fully saturated rings. The summed E-state index contributed by atoms with van der Waals surface area (Å²) < 4.78 is 45.5. The molecule has 2 aromatic rings. The summed E-state index contributed by atoms with van der Waals surface area (Å²) in [7, 11) is -2.25. The summed E-state index contributed by atoms with van der Waals surface area (Å²) in [5.74, 6) is -1.36. The maximum absolute atomic E-state index is 14.5. The van der Waals surface area contributed by atoms with Gasteiger partial charge in [0.05, 0.1) is 25.6 Å². The van der Waals surface area contributed by atoms with Crippen molar-refractivity contribution in [1.82, 2.24) is 25.2 Å². The maximum Gasteiger partial charge on any atom is 0.407 e. The fourth-order valence-electron chi connectivity index (χ4n) is 7.92. The maximum atomic E-state index is 14.5. The number of rotatable bonds is 4. The Kier molecular flexibility index (Phi) is 11.7. The lowest BCUT2D eigenvalue weighted by Gasteiger charge is -2.30. The van der Waals surface area contributed by atoms with E-state index in [4.69, 9.17) is 14.2 Å². The third kappa shape index (κ3) is 8.92. The Balaban J connectivity index is 1.19. The van der Waals surface area contributed by atoms with Crippen LogP contribution in [-0.4, -0.2) is 91.9 Å². The van der Waals surface area contributed by atoms with Crippen molar-refractivity contribution in [2.75, 3.05) is 26.9 Å². The van der Waals surface area contributed by atoms with Crippen LogP contribution in [0, 0.1) is 11.8 Å². The van der Waals surface area contributed by atoms with Gasteiger partial charge in [0.1, 0.15) is 23.4 Å². The van der Waals surface area contributed by atoms with Crippen molar-refractivity contribution >= 4 is 50.7 Å². The number of allylic oxidation sites excluding steroid dienone is 2. The molecule has 3 aliphatic heterocycles. The number of carbonyl (C=O) groups excluding carboxylic acids is 4. The van der Waals surface area contributed by atoms with E-state index in [0.29, 0.717) is 50.2 Å². The van der Waals surface area contributed by atoms with Gasteiger partial charge in [-0.15, -0.1) is 0 Å². The van der Waals surface area contributed by atoms with E-state index < -0.39 is 62.6 Å². The summed E-state index contributed by atoms with van der Waals surface area (Å²) in [6.45, 7) is 0.482. The molecule has 4 amide bonds. The van der Waals surface area contributed by atoms with Crippen LogP contribution in [0.1, 0.15) is 89.0 Å². The monoisotopic (exact) mass is 777 g/mol. The first-order valence-electron chi connectivity index (χ1n) is 19.6. The van der Waals surface area contributed by atoms with Crippen LogP contribution >= 0.6 is 0 Å². The third-order valence-electron chi connectivity index (χ3n) is 11.3. The summed E-state index contributed by atoms with van der Waals surface area (Å²) >= 11 is 0. The number of nitrogens with zero attached hydrogens (tertiary/aromatic N) is 2. The zero-order valence-corrected chi connectivity index (χ0v) is 32.1. The molecule has 3 N–H and O–H groups in total. The number of fused-ring (bicyclic) bond motifs is 4. The van der Waals surface area contributed by atoms with E-state index in [-0.39, 0.29) is 38.5 Å². The highest BCUT2D eigenvalue weighted by Crippen LogP contribution is 2.46. The van der Waals surface area contributed by atoms with Gasteiger partial charge in [0.2, 0.25) is 27.7 Å². The number of hydrogen-bond acceptors (Lipinski definition) is 10. The van der Waals surface area contributed by atoms with Gasteiger partial charge in [0, 0.05) is 35.5 Å². The average Bonchev–Trinajstić information content (AvgIpc) is 4.09. The normalized spacial score (nSPS) is 29.0. The highest BCUT2D eigenvalue weighted by molar-refractivity contribution is 7.91. The van der Waals surface area contributed by atoms with Crippen LogP contribution in [0.2, 0.25) is 0 Å². The van der Waals surface area contributed by atoms with Crippen LogP contribution in [0.4, 0.5) is 4.79 Å². The van der Waals surface area contributed by atoms with E-state index in [1.807, 2.05) is 36.4 Å². The smallest absolute Gasteiger partial charge is 0.407 e. The van der Waals surface area contributed by atoms with Crippen molar-refractivity contribution in [2.24, 2.45) is 11.8 Å². The van der Waals surface area contributed by atoms with Gasteiger partial charge in [-0.25, -0.2) is 18.2 Å². The number of aromatic nitrogens is 1. The number of alkyl carbamates (subject to hydrolysis) is 1. The molecule has 5 atom stereocenters. The van der Waals surface area contributed by atoms with Crippen LogP contribution in [0.3, 0.4) is 0 Å². The van der Waals surface area contributed by atoms with E-state index in [0.717, 1.165) is 48.4 Å². The number of pyridine rings is 1. The van der Waals surface area contributed by atoms with E-state index in [1.165, 1.54) is 4.90 Å². The third-order valence-corrected chi connectivity index (χ3v) is 13.2. The van der Waals surface area contributed by atoms with Gasteiger partial charge in [-0.3, -0.25) is 19.1 Å². The zero-order valence-electron chi connectivity index (χ0n) is 31.3. The minimum atomic E-state index is -3.87. The molecule has 296 valence electrons. The number of nitrogens with one attached hydrogen (secondary N) is 3. The standard InChI is InChI=1S/C40H51N5O9S/c1-52-34-22-27-17-18-41-36-31(27)21-28(34)12-8-4-3-7-11-19-53-39(49)42-32-14-10-6-2-5-9-13-29-23-40(29,38(48)44-55(50,51)30-15-16-30)43-35(46)33-20-26(25-54-36)24-45(33)37(32)47/h8-9,12-13,17-18,21-22,26,29-30,32-33H,2-7,10-11,14-16,19-20,23-25H2,1H3,(H,42,49)(H,43,46)(H,44,48)/b12-8?,13-9-. The van der Waals surface area contributed by atoms with Crippen molar-refractivity contribution in [3.05, 3.63) is 48.2 Å². The summed E-state index contributed by atoms with van der Waals surface area (Å²) in [6, 6.07) is 3.85. The van der Waals surface area contributed by atoms with Crippen LogP contribution in [0.15, 0.2) is 42.6 Å². The fraction of sp³-hybridized carbons (Fsp3) is 0.575. The molecule has 1 aromatic carbocycles. The second-order valence-electron chi connectivity index (χ2n) is 15.4. The number of amides is 4. The minimum absolute atomic E-state index is 0.133. The van der Waals surface area contributed by atoms with Gasteiger partial charge >= 0.3 is 6.09 Å². The molecule has 2 saturated carbocycles. The Bertz CT molecular complexity index is 1960. The Hall–Kier alpha value is -4.66. The SMILES string of the molecule is COc1cc2ccnc3c2cc1C=CCCCCCOC(=O)NC1CCCCC/C=C\C2CC2(C(=O)NS(=O)(=O)C2CC2)NC(=O)C2CC(CO3)CN2C1=O. The number of sulfonamides is 1. The molecule has 15 heteroatoms. The van der Waals surface area contributed by atoms with E-state index in [9.17, 15) is 27.6 Å². The Morgan fingerprint density at radius 3 is 2.62 bits per heavy atom. The van der Waals surface area contributed by atoms with E-state index >= 15 is 0 Å². The molecule has 5 bridgehead atoms. The van der Waals surface area contributed by atoms with Gasteiger partial charge in [-0.2, -0.15) is 0 Å². The van der Waals surface area contributed by atoms with Gasteiger partial charge in [0.25, 0.3) is 5.91 Å². The zero-order chi connectivity index (χ0) is 38.6. The molecular weight excluding hydrogens is 727 g/mol. The number of cyclic esters (lactones) is 1. The minimum Gasteiger partial charge on any atom is -0.496 e. The molecular formula is C40H51N5O9S. The first-order chi connectivity index (χ1) is 26.6. The van der Waals surface area contributed by atoms with Gasteiger partial charge in [0.15, 0.2) is 0 Å². The predicted molar refractivity (Wildman–Crippen MR) is 204 cm³/mol. The fourth-order valence-corrected chi connectivity index (χ4v) is 9.28. The lowest BCUT2D eigenvalue weighted by atomic mass is 10.0. The first kappa shape index (κ1) is 38.6. The van der Waals surface area contributed by atoms with Crippen molar-refractivity contribution in [3.63, 3.8) is 0 Å². The van der Waals surface area contributed by atoms with Crippen LogP contribution in [-0.2, 0) is 29.1 Å². The molecule has 55 heavy (non-hydrogen) atoms. The van der Waals surface area contributed by atoms with Crippen molar-refractivity contribution in [3.8, 4) is 11.6 Å². The topological polar surface area (TPSA) is 182 Å². The van der Waals surface area contributed by atoms with Crippen LogP contribution in [0.5, 0.6) is 11.6 Å². The van der Waals surface area contributed by atoms with E-state index in [1.54, 1.807) is 13.3 Å². The molecule has 1 saturated heterocycles. The van der Waals surface area contributed by atoms with Crippen LogP contribution < -0.4 is 24.8 Å². The molecule has 1 aromatic heterocycles. The Labute approximate surface area is 321 Å². The number of ether oxygens (including phenoxy) is 3. The number of hydrogen-bond donors (Lipinski definition) is 3.